The standard InChI is InChI=1S/C28H21N3O4/c29-14-18-10-12-22(21-9-5-4-8-20(18)21)31-26(32)24-19-11-13-23(25(24)27(31)33)30(15-19)28(34)35-16-17-6-2-1-3-7-17/h1-13,19,23-25H,15-16H2. The van der Waals surface area contributed by atoms with Crippen molar-refractivity contribution < 1.29 is 19.1 Å². The largest absolute Gasteiger partial charge is 0.445 e. The number of imide groups is 1. The Morgan fingerprint density at radius 2 is 1.63 bits per heavy atom. The van der Waals surface area contributed by atoms with Crippen molar-refractivity contribution in [2.75, 3.05) is 11.4 Å². The van der Waals surface area contributed by atoms with Crippen LogP contribution in [0.1, 0.15) is 11.1 Å². The van der Waals surface area contributed by atoms with E-state index in [0.717, 1.165) is 5.56 Å². The minimum atomic E-state index is -0.662. The van der Waals surface area contributed by atoms with Gasteiger partial charge in [-0.05, 0) is 17.7 Å². The van der Waals surface area contributed by atoms with Crippen LogP contribution in [0.3, 0.4) is 0 Å². The summed E-state index contributed by atoms with van der Waals surface area (Å²) in [7, 11) is 0. The summed E-state index contributed by atoms with van der Waals surface area (Å²) in [4.78, 5) is 43.1. The van der Waals surface area contributed by atoms with Crippen LogP contribution in [0.5, 0.6) is 0 Å². The summed E-state index contributed by atoms with van der Waals surface area (Å²) < 4.78 is 5.54. The Morgan fingerprint density at radius 3 is 2.40 bits per heavy atom. The van der Waals surface area contributed by atoms with Gasteiger partial charge in [-0.25, -0.2) is 9.69 Å². The molecule has 1 aliphatic carbocycles. The molecule has 4 atom stereocenters. The lowest BCUT2D eigenvalue weighted by Crippen LogP contribution is -2.58. The van der Waals surface area contributed by atoms with Gasteiger partial charge in [0.1, 0.15) is 6.61 Å². The van der Waals surface area contributed by atoms with Crippen LogP contribution in [-0.4, -0.2) is 35.4 Å². The molecular weight excluding hydrogens is 442 g/mol. The first-order valence-electron chi connectivity index (χ1n) is 11.5. The molecule has 0 spiro atoms. The second-order valence-corrected chi connectivity index (χ2v) is 9.08. The predicted molar refractivity (Wildman–Crippen MR) is 128 cm³/mol. The molecule has 2 bridgehead atoms. The number of nitrogens with zero attached hydrogens (tertiary/aromatic N) is 3. The smallest absolute Gasteiger partial charge is 0.410 e. The minimum Gasteiger partial charge on any atom is -0.445 e. The number of anilines is 1. The molecule has 35 heavy (non-hydrogen) atoms. The Bertz CT molecular complexity index is 1440. The number of nitriles is 1. The van der Waals surface area contributed by atoms with Gasteiger partial charge in [0.05, 0.1) is 35.2 Å². The molecule has 4 unspecified atom stereocenters. The van der Waals surface area contributed by atoms with Gasteiger partial charge in [-0.2, -0.15) is 5.26 Å². The van der Waals surface area contributed by atoms with E-state index in [1.54, 1.807) is 17.0 Å². The van der Waals surface area contributed by atoms with E-state index in [4.69, 9.17) is 4.74 Å². The zero-order chi connectivity index (χ0) is 24.1. The summed E-state index contributed by atoms with van der Waals surface area (Å²) in [5.74, 6) is -2.03. The molecule has 7 heteroatoms. The van der Waals surface area contributed by atoms with Crippen LogP contribution in [0.15, 0.2) is 78.9 Å². The van der Waals surface area contributed by atoms with Gasteiger partial charge in [0, 0.05) is 23.2 Å². The second-order valence-electron chi connectivity index (χ2n) is 9.08. The minimum absolute atomic E-state index is 0.140. The quantitative estimate of drug-likeness (QED) is 0.432. The van der Waals surface area contributed by atoms with E-state index in [2.05, 4.69) is 6.07 Å². The highest BCUT2D eigenvalue weighted by Crippen LogP contribution is 2.47. The van der Waals surface area contributed by atoms with Gasteiger partial charge >= 0.3 is 6.09 Å². The number of amides is 3. The van der Waals surface area contributed by atoms with Gasteiger partial charge in [0.2, 0.25) is 11.8 Å². The summed E-state index contributed by atoms with van der Waals surface area (Å²) in [6.07, 6.45) is 3.30. The summed E-state index contributed by atoms with van der Waals surface area (Å²) in [5.41, 5.74) is 1.83. The fourth-order valence-electron chi connectivity index (χ4n) is 5.65. The topological polar surface area (TPSA) is 90.7 Å². The third-order valence-electron chi connectivity index (χ3n) is 7.25. The van der Waals surface area contributed by atoms with Crippen molar-refractivity contribution in [2.24, 2.45) is 17.8 Å². The zero-order valence-electron chi connectivity index (χ0n) is 18.7. The molecule has 7 rings (SSSR count). The molecule has 172 valence electrons. The van der Waals surface area contributed by atoms with E-state index >= 15 is 0 Å². The lowest BCUT2D eigenvalue weighted by molar-refractivity contribution is -0.126. The average molecular weight is 463 g/mol. The van der Waals surface area contributed by atoms with E-state index in [1.165, 1.54) is 4.90 Å². The lowest BCUT2D eigenvalue weighted by atomic mass is 9.70. The summed E-state index contributed by atoms with van der Waals surface area (Å²) in [5, 5.41) is 10.8. The number of rotatable bonds is 3. The van der Waals surface area contributed by atoms with E-state index < -0.39 is 24.0 Å². The number of hydrogen-bond donors (Lipinski definition) is 0. The van der Waals surface area contributed by atoms with Gasteiger partial charge in [0.25, 0.3) is 0 Å². The number of hydrogen-bond acceptors (Lipinski definition) is 5. The van der Waals surface area contributed by atoms with Gasteiger partial charge in [0.15, 0.2) is 0 Å². The van der Waals surface area contributed by atoms with Crippen molar-refractivity contribution in [2.45, 2.75) is 12.6 Å². The Labute approximate surface area is 201 Å². The maximum Gasteiger partial charge on any atom is 0.410 e. The fourth-order valence-corrected chi connectivity index (χ4v) is 5.65. The van der Waals surface area contributed by atoms with Gasteiger partial charge < -0.3 is 9.64 Å². The molecular formula is C28H21N3O4. The summed E-state index contributed by atoms with van der Waals surface area (Å²) in [6, 6.07) is 21.6. The Morgan fingerprint density at radius 1 is 0.914 bits per heavy atom. The number of carbonyl (C=O) groups is 3. The second kappa shape index (κ2) is 8.10. The predicted octanol–water partition coefficient (Wildman–Crippen LogP) is 4.02. The van der Waals surface area contributed by atoms with Crippen LogP contribution in [0.2, 0.25) is 0 Å². The number of carbonyl (C=O) groups excluding carboxylic acids is 3. The van der Waals surface area contributed by atoms with Crippen molar-refractivity contribution in [3.8, 4) is 6.07 Å². The molecule has 0 radical (unpaired) electrons. The highest BCUT2D eigenvalue weighted by molar-refractivity contribution is 6.25. The first-order valence-corrected chi connectivity index (χ1v) is 11.5. The number of ether oxygens (including phenoxy) is 1. The average Bonchev–Trinajstić information content (AvgIpc) is 3.19. The number of benzene rings is 3. The van der Waals surface area contributed by atoms with Gasteiger partial charge in [-0.3, -0.25) is 9.59 Å². The molecule has 2 fully saturated rings. The zero-order valence-corrected chi connectivity index (χ0v) is 18.7. The first kappa shape index (κ1) is 21.1. The number of piperidine rings is 1. The van der Waals surface area contributed by atoms with Crippen LogP contribution < -0.4 is 4.90 Å². The Kier molecular flexibility index (Phi) is 4.89. The van der Waals surface area contributed by atoms with Gasteiger partial charge in [-0.1, -0.05) is 66.7 Å². The monoisotopic (exact) mass is 463 g/mol. The third-order valence-corrected chi connectivity index (χ3v) is 7.25. The van der Waals surface area contributed by atoms with E-state index in [9.17, 15) is 19.6 Å². The molecule has 3 aromatic rings. The summed E-state index contributed by atoms with van der Waals surface area (Å²) >= 11 is 0. The maximum atomic E-state index is 13.7. The highest BCUT2D eigenvalue weighted by atomic mass is 16.6. The lowest BCUT2D eigenvalue weighted by Gasteiger charge is -2.45. The molecule has 3 heterocycles. The van der Waals surface area contributed by atoms with E-state index in [1.807, 2.05) is 66.7 Å². The van der Waals surface area contributed by atoms with Crippen LogP contribution in [-0.2, 0) is 20.9 Å². The SMILES string of the molecule is N#Cc1ccc(N2C(=O)C3C4C=CC(C3C2=O)N(C(=O)OCc2ccccc2)C4)c2ccccc12. The highest BCUT2D eigenvalue weighted by Gasteiger charge is 2.60. The van der Waals surface area contributed by atoms with E-state index in [-0.39, 0.29) is 24.3 Å². The van der Waals surface area contributed by atoms with Crippen molar-refractivity contribution in [1.29, 1.82) is 5.26 Å². The molecule has 0 N–H and O–H groups in total. The Hall–Kier alpha value is -4.44. The van der Waals surface area contributed by atoms with Crippen LogP contribution in [0.25, 0.3) is 10.8 Å². The molecule has 4 aliphatic rings. The van der Waals surface area contributed by atoms with Crippen molar-refractivity contribution in [3.63, 3.8) is 0 Å². The van der Waals surface area contributed by atoms with Crippen LogP contribution in [0.4, 0.5) is 10.5 Å². The third kappa shape index (κ3) is 3.22. The number of fused-ring (bicyclic) bond motifs is 2. The van der Waals surface area contributed by atoms with Crippen molar-refractivity contribution in [1.82, 2.24) is 4.90 Å². The van der Waals surface area contributed by atoms with Crippen LogP contribution >= 0.6 is 0 Å². The fraction of sp³-hybridized carbons (Fsp3) is 0.214. The molecule has 3 aromatic carbocycles. The van der Waals surface area contributed by atoms with Gasteiger partial charge in [-0.15, -0.1) is 0 Å². The van der Waals surface area contributed by atoms with Crippen molar-refractivity contribution in [3.05, 3.63) is 90.0 Å². The first-order chi connectivity index (χ1) is 17.1. The molecule has 2 saturated heterocycles. The molecule has 0 saturated carbocycles. The van der Waals surface area contributed by atoms with Crippen molar-refractivity contribution >= 4 is 34.4 Å². The normalized spacial score (nSPS) is 24.5. The Balaban J connectivity index is 1.31. The maximum absolute atomic E-state index is 13.7. The van der Waals surface area contributed by atoms with Crippen LogP contribution in [0, 0.1) is 29.1 Å². The molecule has 0 aromatic heterocycles. The van der Waals surface area contributed by atoms with E-state index in [0.29, 0.717) is 28.6 Å². The molecule has 3 amide bonds. The molecule has 3 aliphatic heterocycles. The molecule has 7 nitrogen and oxygen atoms in total. The summed E-state index contributed by atoms with van der Waals surface area (Å²) in [6.45, 7) is 0.471.